The molecule has 0 spiro atoms. The van der Waals surface area contributed by atoms with Crippen LogP contribution in [0.3, 0.4) is 0 Å². The summed E-state index contributed by atoms with van der Waals surface area (Å²) in [4.78, 5) is 16.4. The number of aromatic nitrogens is 2. The Morgan fingerprint density at radius 3 is 2.63 bits per heavy atom. The van der Waals surface area contributed by atoms with Crippen molar-refractivity contribution >= 4 is 11.6 Å². The third-order valence-corrected chi connectivity index (χ3v) is 5.35. The van der Waals surface area contributed by atoms with Gasteiger partial charge in [0.2, 0.25) is 0 Å². The Kier molecular flexibility index (Phi) is 4.17. The number of imidazole rings is 1. The van der Waals surface area contributed by atoms with Crippen LogP contribution in [0, 0.1) is 23.4 Å². The monoisotopic (exact) mass is 373 g/mol. The Morgan fingerprint density at radius 2 is 1.89 bits per heavy atom. The van der Waals surface area contributed by atoms with Gasteiger partial charge in [-0.25, -0.2) is 18.2 Å². The number of benzene rings is 1. The molecule has 4 rings (SSSR count). The van der Waals surface area contributed by atoms with Gasteiger partial charge in [0, 0.05) is 30.6 Å². The first-order valence-corrected chi connectivity index (χ1v) is 8.75. The normalized spacial score (nSPS) is 19.1. The molecule has 2 heterocycles. The van der Waals surface area contributed by atoms with Crippen LogP contribution in [0.4, 0.5) is 13.2 Å². The summed E-state index contributed by atoms with van der Waals surface area (Å²) in [5.74, 6) is -3.44. The number of carbonyl (C=O) groups excluding carboxylic acids is 1. The molecular formula is C20H18F3N3O. The Balaban J connectivity index is 1.75. The number of carbonyl (C=O) groups is 1. The summed E-state index contributed by atoms with van der Waals surface area (Å²) in [6.07, 6.45) is 2.85. The minimum atomic E-state index is -1.19. The molecule has 3 aromatic rings. The van der Waals surface area contributed by atoms with E-state index in [-0.39, 0.29) is 23.3 Å². The summed E-state index contributed by atoms with van der Waals surface area (Å²) in [6.45, 7) is 1.96. The van der Waals surface area contributed by atoms with Gasteiger partial charge < -0.3 is 9.72 Å². The van der Waals surface area contributed by atoms with Crippen molar-refractivity contribution < 1.29 is 18.0 Å². The largest absolute Gasteiger partial charge is 0.355 e. The SMILES string of the molecule is CNC(=O)c1ccn2c3c(nc2c1)CC(c1cc(F)c(F)cc1F)C(C)C3. The van der Waals surface area contributed by atoms with Gasteiger partial charge in [-0.1, -0.05) is 6.92 Å². The number of rotatable bonds is 2. The van der Waals surface area contributed by atoms with Gasteiger partial charge in [-0.3, -0.25) is 4.79 Å². The second-order valence-corrected chi connectivity index (χ2v) is 7.01. The quantitative estimate of drug-likeness (QED) is 0.698. The van der Waals surface area contributed by atoms with Crippen LogP contribution < -0.4 is 5.32 Å². The Labute approximate surface area is 154 Å². The fourth-order valence-corrected chi connectivity index (χ4v) is 3.90. The average molecular weight is 373 g/mol. The predicted octanol–water partition coefficient (Wildman–Crippen LogP) is 3.63. The lowest BCUT2D eigenvalue weighted by Gasteiger charge is -2.29. The van der Waals surface area contributed by atoms with Crippen LogP contribution in [0.25, 0.3) is 5.65 Å². The van der Waals surface area contributed by atoms with Crippen LogP contribution >= 0.6 is 0 Å². The van der Waals surface area contributed by atoms with Crippen LogP contribution in [0.5, 0.6) is 0 Å². The lowest BCUT2D eigenvalue weighted by atomic mass is 9.76. The van der Waals surface area contributed by atoms with Gasteiger partial charge in [0.25, 0.3) is 5.91 Å². The zero-order valence-corrected chi connectivity index (χ0v) is 14.9. The maximum absolute atomic E-state index is 14.3. The van der Waals surface area contributed by atoms with Gasteiger partial charge in [0.15, 0.2) is 11.6 Å². The minimum absolute atomic E-state index is 0.0235. The predicted molar refractivity (Wildman–Crippen MR) is 94.2 cm³/mol. The van der Waals surface area contributed by atoms with Crippen molar-refractivity contribution in [2.75, 3.05) is 7.05 Å². The summed E-state index contributed by atoms with van der Waals surface area (Å²) in [6, 6.07) is 4.98. The van der Waals surface area contributed by atoms with Crippen LogP contribution in [-0.4, -0.2) is 22.3 Å². The van der Waals surface area contributed by atoms with Crippen molar-refractivity contribution in [3.05, 3.63) is 70.4 Å². The van der Waals surface area contributed by atoms with Gasteiger partial charge in [0.1, 0.15) is 11.5 Å². The van der Waals surface area contributed by atoms with Crippen molar-refractivity contribution in [3.63, 3.8) is 0 Å². The summed E-state index contributed by atoms with van der Waals surface area (Å²) in [7, 11) is 1.56. The highest BCUT2D eigenvalue weighted by molar-refractivity contribution is 5.94. The molecule has 0 bridgehead atoms. The first-order valence-electron chi connectivity index (χ1n) is 8.75. The highest BCUT2D eigenvalue weighted by Crippen LogP contribution is 2.38. The molecule has 1 aliphatic carbocycles. The number of fused-ring (bicyclic) bond motifs is 3. The number of nitrogens with one attached hydrogen (secondary N) is 1. The lowest BCUT2D eigenvalue weighted by Crippen LogP contribution is -2.23. The molecule has 2 unspecified atom stereocenters. The van der Waals surface area contributed by atoms with E-state index in [0.717, 1.165) is 17.5 Å². The summed E-state index contributed by atoms with van der Waals surface area (Å²) < 4.78 is 43.1. The van der Waals surface area contributed by atoms with Crippen molar-refractivity contribution in [1.82, 2.24) is 14.7 Å². The minimum Gasteiger partial charge on any atom is -0.355 e. The summed E-state index contributed by atoms with van der Waals surface area (Å²) in [5.41, 5.74) is 3.11. The van der Waals surface area contributed by atoms with Crippen LogP contribution in [0.2, 0.25) is 0 Å². The molecule has 2 atom stereocenters. The second kappa shape index (κ2) is 6.40. The molecule has 0 saturated heterocycles. The lowest BCUT2D eigenvalue weighted by molar-refractivity contribution is 0.0963. The van der Waals surface area contributed by atoms with Gasteiger partial charge >= 0.3 is 0 Å². The van der Waals surface area contributed by atoms with E-state index in [1.165, 1.54) is 0 Å². The number of amides is 1. The molecule has 1 aromatic carbocycles. The van der Waals surface area contributed by atoms with Gasteiger partial charge in [0.05, 0.1) is 5.69 Å². The molecule has 0 saturated carbocycles. The maximum Gasteiger partial charge on any atom is 0.251 e. The number of nitrogens with zero attached hydrogens (tertiary/aromatic N) is 2. The molecule has 1 N–H and O–H groups in total. The van der Waals surface area contributed by atoms with E-state index in [2.05, 4.69) is 10.3 Å². The molecule has 1 amide bonds. The number of pyridine rings is 1. The molecule has 0 aliphatic heterocycles. The van der Waals surface area contributed by atoms with E-state index in [1.807, 2.05) is 11.3 Å². The van der Waals surface area contributed by atoms with E-state index in [1.54, 1.807) is 25.4 Å². The fraction of sp³-hybridized carbons (Fsp3) is 0.300. The third kappa shape index (κ3) is 2.87. The topological polar surface area (TPSA) is 46.4 Å². The summed E-state index contributed by atoms with van der Waals surface area (Å²) in [5, 5.41) is 2.58. The van der Waals surface area contributed by atoms with Crippen LogP contribution in [0.15, 0.2) is 30.5 Å². The average Bonchev–Trinajstić information content (AvgIpc) is 3.00. The van der Waals surface area contributed by atoms with E-state index in [4.69, 9.17) is 0 Å². The highest BCUT2D eigenvalue weighted by Gasteiger charge is 2.32. The van der Waals surface area contributed by atoms with Gasteiger partial charge in [-0.15, -0.1) is 0 Å². The maximum atomic E-state index is 14.3. The molecule has 27 heavy (non-hydrogen) atoms. The Bertz CT molecular complexity index is 1060. The Hall–Kier alpha value is -2.83. The van der Waals surface area contributed by atoms with Gasteiger partial charge in [-0.05, 0) is 48.4 Å². The standard InChI is InChI=1S/C20H18F3N3O/c1-10-5-18-17(8-12(10)13-7-15(22)16(23)9-14(13)21)25-19-6-11(20(27)24-2)3-4-26(18)19/h3-4,6-7,9-10,12H,5,8H2,1-2H3,(H,24,27). The van der Waals surface area contributed by atoms with E-state index < -0.39 is 17.5 Å². The van der Waals surface area contributed by atoms with Crippen molar-refractivity contribution in [3.8, 4) is 0 Å². The second-order valence-electron chi connectivity index (χ2n) is 7.01. The fourth-order valence-electron chi connectivity index (χ4n) is 3.90. The first kappa shape index (κ1) is 17.6. The zero-order chi connectivity index (χ0) is 19.3. The molecular weight excluding hydrogens is 355 g/mol. The van der Waals surface area contributed by atoms with Crippen molar-refractivity contribution in [1.29, 1.82) is 0 Å². The summed E-state index contributed by atoms with van der Waals surface area (Å²) >= 11 is 0. The van der Waals surface area contributed by atoms with Crippen LogP contribution in [0.1, 0.15) is 40.2 Å². The number of hydrogen-bond acceptors (Lipinski definition) is 2. The Morgan fingerprint density at radius 1 is 1.15 bits per heavy atom. The van der Waals surface area contributed by atoms with Gasteiger partial charge in [-0.2, -0.15) is 0 Å². The molecule has 0 radical (unpaired) electrons. The molecule has 7 heteroatoms. The molecule has 1 aliphatic rings. The van der Waals surface area contributed by atoms with E-state index in [0.29, 0.717) is 30.1 Å². The molecule has 140 valence electrons. The van der Waals surface area contributed by atoms with Crippen molar-refractivity contribution in [2.24, 2.45) is 5.92 Å². The smallest absolute Gasteiger partial charge is 0.251 e. The number of hydrogen-bond donors (Lipinski definition) is 1. The van der Waals surface area contributed by atoms with Crippen LogP contribution in [-0.2, 0) is 12.8 Å². The van der Waals surface area contributed by atoms with Crippen molar-refractivity contribution in [2.45, 2.75) is 25.7 Å². The zero-order valence-electron chi connectivity index (χ0n) is 14.9. The highest BCUT2D eigenvalue weighted by atomic mass is 19.2. The molecule has 4 nitrogen and oxygen atoms in total. The van der Waals surface area contributed by atoms with E-state index >= 15 is 0 Å². The number of halogens is 3. The first-order chi connectivity index (χ1) is 12.9. The molecule has 0 fully saturated rings. The van der Waals surface area contributed by atoms with E-state index in [9.17, 15) is 18.0 Å². The third-order valence-electron chi connectivity index (χ3n) is 5.35. The molecule has 2 aromatic heterocycles.